The molecule has 6 N–H and O–H groups in total. The largest absolute Gasteiger partial charge is 0.507 e. The Morgan fingerprint density at radius 2 is 0.915 bits per heavy atom. The summed E-state index contributed by atoms with van der Waals surface area (Å²) in [4.78, 5) is 29.4. The lowest BCUT2D eigenvalue weighted by molar-refractivity contribution is 0.0686. The van der Waals surface area contributed by atoms with E-state index in [0.29, 0.717) is 39.9 Å². The minimum Gasteiger partial charge on any atom is -0.507 e. The second-order valence-electron chi connectivity index (χ2n) is 16.6. The Hall–Kier alpha value is -8.27. The van der Waals surface area contributed by atoms with Gasteiger partial charge in [-0.1, -0.05) is 129 Å². The highest BCUT2D eigenvalue weighted by atomic mass is 19.1. The third-order valence-electron chi connectivity index (χ3n) is 12.2. The molecule has 0 fully saturated rings. The Morgan fingerprint density at radius 3 is 1.34 bits per heavy atom. The van der Waals surface area contributed by atoms with E-state index in [-0.39, 0.29) is 62.6 Å². The fourth-order valence-electron chi connectivity index (χ4n) is 8.22. The molecule has 366 valence electrons. The van der Waals surface area contributed by atoms with Crippen LogP contribution in [0.4, 0.5) is 4.39 Å². The predicted octanol–water partition coefficient (Wildman–Crippen LogP) is 11.4. The van der Waals surface area contributed by atoms with Gasteiger partial charge in [0.1, 0.15) is 28.8 Å². The van der Waals surface area contributed by atoms with Crippen molar-refractivity contribution in [3.63, 3.8) is 0 Å². The quantitative estimate of drug-likeness (QED) is 0.0503. The first kappa shape index (κ1) is 50.6. The van der Waals surface area contributed by atoms with E-state index in [0.717, 1.165) is 56.0 Å². The predicted molar refractivity (Wildman–Crippen MR) is 270 cm³/mol. The lowest BCUT2D eigenvalue weighted by Gasteiger charge is -2.18. The first-order chi connectivity index (χ1) is 34.3. The molecular weight excluding hydrogens is 906 g/mol. The number of hydrogen-bond acceptors (Lipinski definition) is 12. The normalized spacial score (nSPS) is 11.2. The highest BCUT2D eigenvalue weighted by Crippen LogP contribution is 2.46. The van der Waals surface area contributed by atoms with Crippen molar-refractivity contribution in [3.05, 3.63) is 156 Å². The fraction of sp³-hybridized carbons (Fsp3) is 0.214. The molecule has 71 heavy (non-hydrogen) atoms. The molecule has 1 amide bonds. The van der Waals surface area contributed by atoms with Crippen LogP contribution in [0.1, 0.15) is 66.7 Å². The number of nitrogens with one attached hydrogen (secondary N) is 1. The third-order valence-corrected chi connectivity index (χ3v) is 12.2. The number of carboxylic acids is 1. The van der Waals surface area contributed by atoms with Crippen LogP contribution in [0.15, 0.2) is 136 Å². The maximum absolute atomic E-state index is 13.5. The number of amides is 1. The van der Waals surface area contributed by atoms with Gasteiger partial charge in [0.15, 0.2) is 22.9 Å². The molecule has 0 aliphatic carbocycles. The topological polar surface area (TPSA) is 206 Å². The van der Waals surface area contributed by atoms with Crippen molar-refractivity contribution >= 4 is 11.9 Å². The number of phenolic OH excluding ortho intramolecular Hbond substituents is 4. The van der Waals surface area contributed by atoms with Gasteiger partial charge in [0.25, 0.3) is 5.91 Å². The molecule has 0 atom stereocenters. The summed E-state index contributed by atoms with van der Waals surface area (Å²) in [6.45, 7) is 16.0. The van der Waals surface area contributed by atoms with Gasteiger partial charge in [-0.2, -0.15) is 0 Å². The molecule has 0 spiro atoms. The number of carbonyl (C=O) groups is 2. The summed E-state index contributed by atoms with van der Waals surface area (Å²) in [5, 5.41) is 62.7. The first-order valence-electron chi connectivity index (χ1n) is 23.4. The number of hydrogen-bond donors (Lipinski definition) is 6. The molecule has 0 aliphatic rings. The van der Waals surface area contributed by atoms with Crippen LogP contribution in [0, 0.1) is 5.82 Å². The van der Waals surface area contributed by atoms with Crippen molar-refractivity contribution < 1.29 is 48.6 Å². The van der Waals surface area contributed by atoms with Crippen molar-refractivity contribution in [2.45, 2.75) is 47.7 Å². The number of carbonyl (C=O) groups excluding carboxylic acids is 1. The number of nitrogens with zero attached hydrogens (tertiary/aromatic N) is 4. The van der Waals surface area contributed by atoms with E-state index in [1.165, 1.54) is 42.5 Å². The Labute approximate surface area is 410 Å². The molecule has 2 heterocycles. The van der Waals surface area contributed by atoms with Gasteiger partial charge in [0.05, 0.1) is 22.3 Å². The van der Waals surface area contributed by atoms with Crippen LogP contribution >= 0.6 is 0 Å². The van der Waals surface area contributed by atoms with Gasteiger partial charge >= 0.3 is 5.97 Å². The smallest absolute Gasteiger partial charge is 0.358 e. The molecule has 0 saturated heterocycles. The molecule has 15 heteroatoms. The number of aromatic carboxylic acids is 1. The number of benzene rings is 6. The summed E-state index contributed by atoms with van der Waals surface area (Å²) in [6, 6.07) is 35.7. The minimum absolute atomic E-state index is 0.0872. The highest BCUT2D eigenvalue weighted by Gasteiger charge is 2.29. The van der Waals surface area contributed by atoms with Crippen LogP contribution in [0.3, 0.4) is 0 Å². The molecule has 8 aromatic rings. The molecule has 2 aromatic heterocycles. The lowest BCUT2D eigenvalue weighted by atomic mass is 9.94. The zero-order chi connectivity index (χ0) is 50.8. The summed E-state index contributed by atoms with van der Waals surface area (Å²) in [7, 11) is 0. The van der Waals surface area contributed by atoms with Crippen molar-refractivity contribution in [1.29, 1.82) is 0 Å². The third kappa shape index (κ3) is 11.4. The van der Waals surface area contributed by atoms with Crippen LogP contribution in [-0.4, -0.2) is 90.2 Å². The Morgan fingerprint density at radius 1 is 0.521 bits per heavy atom. The van der Waals surface area contributed by atoms with Crippen LogP contribution in [-0.2, 0) is 13.1 Å². The number of aromatic hydroxyl groups is 4. The van der Waals surface area contributed by atoms with Gasteiger partial charge in [-0.05, 0) is 90.7 Å². The average Bonchev–Trinajstić information content (AvgIpc) is 4.03. The zero-order valence-electron chi connectivity index (χ0n) is 40.1. The Bertz CT molecular complexity index is 3090. The first-order valence-corrected chi connectivity index (χ1v) is 23.4. The van der Waals surface area contributed by atoms with Gasteiger partial charge in [-0.3, -0.25) is 14.6 Å². The summed E-state index contributed by atoms with van der Waals surface area (Å²) in [5.41, 5.74) is 6.64. The maximum Gasteiger partial charge on any atom is 0.358 e. The van der Waals surface area contributed by atoms with Gasteiger partial charge in [0, 0.05) is 42.9 Å². The van der Waals surface area contributed by atoms with Gasteiger partial charge in [-0.25, -0.2) is 9.18 Å². The van der Waals surface area contributed by atoms with E-state index in [1.54, 1.807) is 13.0 Å². The van der Waals surface area contributed by atoms with Gasteiger partial charge in [-0.15, -0.1) is 0 Å². The molecule has 0 saturated carbocycles. The second-order valence-corrected chi connectivity index (χ2v) is 16.6. The average molecular weight is 962 g/mol. The zero-order valence-corrected chi connectivity index (χ0v) is 40.1. The number of rotatable bonds is 17. The summed E-state index contributed by atoms with van der Waals surface area (Å²) in [5.74, 6) is -2.54. The molecule has 0 aliphatic heterocycles. The molecule has 6 aromatic carbocycles. The van der Waals surface area contributed by atoms with E-state index < -0.39 is 17.7 Å². The van der Waals surface area contributed by atoms with E-state index in [1.807, 2.05) is 78.9 Å². The Balaban J connectivity index is 0.000000209. The Kier molecular flexibility index (Phi) is 16.3. The summed E-state index contributed by atoms with van der Waals surface area (Å²) >= 11 is 0. The van der Waals surface area contributed by atoms with E-state index >= 15 is 0 Å². The fourth-order valence-corrected chi connectivity index (χ4v) is 8.22. The van der Waals surface area contributed by atoms with Crippen LogP contribution < -0.4 is 5.32 Å². The van der Waals surface area contributed by atoms with Crippen LogP contribution in [0.5, 0.6) is 23.0 Å². The standard InChI is InChI=1S/C29H30FN3O4.C27H26N2O5/c1-4-31-29(36)27-26(20-9-7-18(8-10-20)17-33(5-2)6-3)28(37-32-27)23-15-22(24(34)16-25(23)35)19-11-13-21(30)14-12-19;1-3-29(4-2)16-17-10-12-19(13-11-17)24-25(27(32)33)28-34-26(24)21-14-20(22(30)15-23(21)31)18-8-6-5-7-9-18/h7-16,34-35H,4-6,17H2,1-3H3,(H,31,36);5-15,30-31H,3-4,16H2,1-2H3,(H,32,33). The van der Waals surface area contributed by atoms with Crippen molar-refractivity contribution in [2.24, 2.45) is 0 Å². The molecule has 8 rings (SSSR count). The van der Waals surface area contributed by atoms with Crippen LogP contribution in [0.25, 0.3) is 67.2 Å². The van der Waals surface area contributed by atoms with Crippen molar-refractivity contribution in [2.75, 3.05) is 32.7 Å². The summed E-state index contributed by atoms with van der Waals surface area (Å²) < 4.78 is 24.6. The SMILES string of the molecule is CCN(CC)Cc1ccc(-c2c(C(=O)O)noc2-c2cc(-c3ccccc3)c(O)cc2O)cc1.CCNC(=O)c1noc(-c2cc(-c3ccc(F)cc3)c(O)cc2O)c1-c1ccc(CN(CC)CC)cc1. The molecule has 0 radical (unpaired) electrons. The monoisotopic (exact) mass is 961 g/mol. The molecular formula is C56H56FN5O9. The number of phenols is 4. The highest BCUT2D eigenvalue weighted by molar-refractivity contribution is 6.03. The minimum atomic E-state index is -1.24. The van der Waals surface area contributed by atoms with E-state index in [4.69, 9.17) is 9.05 Å². The number of halogens is 1. The maximum atomic E-state index is 13.5. The molecule has 0 unspecified atom stereocenters. The summed E-state index contributed by atoms with van der Waals surface area (Å²) in [6.07, 6.45) is 0. The molecule has 14 nitrogen and oxygen atoms in total. The molecule has 0 bridgehead atoms. The number of carboxylic acid groups (broad SMARTS) is 1. The van der Waals surface area contributed by atoms with Gasteiger partial charge in [0.2, 0.25) is 0 Å². The van der Waals surface area contributed by atoms with E-state index in [2.05, 4.69) is 53.1 Å². The second kappa shape index (κ2) is 22.9. The van der Waals surface area contributed by atoms with Crippen molar-refractivity contribution in [3.8, 4) is 90.2 Å². The van der Waals surface area contributed by atoms with E-state index in [9.17, 15) is 39.5 Å². The van der Waals surface area contributed by atoms with Crippen molar-refractivity contribution in [1.82, 2.24) is 25.4 Å². The number of aromatic nitrogens is 2. The lowest BCUT2D eigenvalue weighted by Crippen LogP contribution is -2.23. The van der Waals surface area contributed by atoms with Crippen LogP contribution in [0.2, 0.25) is 0 Å². The van der Waals surface area contributed by atoms with Gasteiger partial charge < -0.3 is 39.9 Å².